The Labute approximate surface area is 91.6 Å². The third kappa shape index (κ3) is 2.80. The van der Waals surface area contributed by atoms with E-state index >= 15 is 0 Å². The van der Waals surface area contributed by atoms with Gasteiger partial charge < -0.3 is 10.1 Å². The van der Waals surface area contributed by atoms with Crippen molar-refractivity contribution in [2.24, 2.45) is 5.41 Å². The lowest BCUT2D eigenvalue weighted by atomic mass is 9.89. The first-order valence-electron chi connectivity index (χ1n) is 5.52. The normalized spacial score (nSPS) is 18.5. The Balaban J connectivity index is 1.76. The first kappa shape index (κ1) is 10.7. The fourth-order valence-electron chi connectivity index (χ4n) is 1.77. The molecule has 0 atom stereocenters. The molecule has 1 heterocycles. The second-order valence-corrected chi connectivity index (χ2v) is 4.89. The summed E-state index contributed by atoms with van der Waals surface area (Å²) in [5, 5.41) is 3.48. The molecule has 0 aromatic heterocycles. The first-order valence-corrected chi connectivity index (χ1v) is 5.52. The summed E-state index contributed by atoms with van der Waals surface area (Å²) in [4.78, 5) is 0. The van der Waals surface area contributed by atoms with Crippen molar-refractivity contribution in [3.8, 4) is 0 Å². The molecular formula is C13H19NO. The van der Waals surface area contributed by atoms with Gasteiger partial charge in [0.1, 0.15) is 0 Å². The van der Waals surface area contributed by atoms with E-state index in [9.17, 15) is 0 Å². The standard InChI is InChI=1S/C13H19NO/c1-11-3-5-12(6-4-11)7-14-8-13(2)9-15-10-13/h3-6,14H,7-10H2,1-2H3. The minimum absolute atomic E-state index is 0.366. The van der Waals surface area contributed by atoms with Gasteiger partial charge in [-0.3, -0.25) is 0 Å². The van der Waals surface area contributed by atoms with E-state index in [2.05, 4.69) is 43.4 Å². The van der Waals surface area contributed by atoms with Crippen LogP contribution in [0.2, 0.25) is 0 Å². The van der Waals surface area contributed by atoms with Crippen molar-refractivity contribution in [3.05, 3.63) is 35.4 Å². The van der Waals surface area contributed by atoms with Crippen molar-refractivity contribution in [2.75, 3.05) is 19.8 Å². The lowest BCUT2D eigenvalue weighted by Gasteiger charge is -2.38. The summed E-state index contributed by atoms with van der Waals surface area (Å²) in [6.07, 6.45) is 0. The van der Waals surface area contributed by atoms with Crippen molar-refractivity contribution < 1.29 is 4.74 Å². The maximum Gasteiger partial charge on any atom is 0.0554 e. The van der Waals surface area contributed by atoms with Gasteiger partial charge in [-0.15, -0.1) is 0 Å². The van der Waals surface area contributed by atoms with Gasteiger partial charge in [-0.2, -0.15) is 0 Å². The molecule has 2 nitrogen and oxygen atoms in total. The molecule has 0 amide bonds. The van der Waals surface area contributed by atoms with Gasteiger partial charge in [0.25, 0.3) is 0 Å². The molecule has 2 heteroatoms. The highest BCUT2D eigenvalue weighted by atomic mass is 16.5. The van der Waals surface area contributed by atoms with Gasteiger partial charge >= 0.3 is 0 Å². The molecule has 82 valence electrons. The molecule has 1 N–H and O–H groups in total. The van der Waals surface area contributed by atoms with E-state index in [1.165, 1.54) is 11.1 Å². The third-order valence-electron chi connectivity index (χ3n) is 2.90. The molecule has 0 unspecified atom stereocenters. The van der Waals surface area contributed by atoms with Crippen LogP contribution in [0.1, 0.15) is 18.1 Å². The Kier molecular flexibility index (Phi) is 3.08. The van der Waals surface area contributed by atoms with Crippen molar-refractivity contribution in [1.82, 2.24) is 5.32 Å². The Morgan fingerprint density at radius 2 is 1.93 bits per heavy atom. The third-order valence-corrected chi connectivity index (χ3v) is 2.90. The van der Waals surface area contributed by atoms with E-state index in [-0.39, 0.29) is 0 Å². The molecule has 1 fully saturated rings. The summed E-state index contributed by atoms with van der Waals surface area (Å²) in [7, 11) is 0. The van der Waals surface area contributed by atoms with Crippen molar-refractivity contribution in [1.29, 1.82) is 0 Å². The van der Waals surface area contributed by atoms with E-state index in [0.29, 0.717) is 5.41 Å². The Morgan fingerprint density at radius 3 is 2.47 bits per heavy atom. The number of hydrogen-bond donors (Lipinski definition) is 1. The topological polar surface area (TPSA) is 21.3 Å². The largest absolute Gasteiger partial charge is 0.380 e. The van der Waals surface area contributed by atoms with E-state index in [1.54, 1.807) is 0 Å². The van der Waals surface area contributed by atoms with Crippen LogP contribution in [0.5, 0.6) is 0 Å². The van der Waals surface area contributed by atoms with Gasteiger partial charge in [-0.25, -0.2) is 0 Å². The summed E-state index contributed by atoms with van der Waals surface area (Å²) in [6.45, 7) is 8.17. The van der Waals surface area contributed by atoms with E-state index in [1.807, 2.05) is 0 Å². The lowest BCUT2D eigenvalue weighted by molar-refractivity contribution is -0.0991. The fraction of sp³-hybridized carbons (Fsp3) is 0.538. The maximum absolute atomic E-state index is 5.22. The second-order valence-electron chi connectivity index (χ2n) is 4.89. The summed E-state index contributed by atoms with van der Waals surface area (Å²) in [5.74, 6) is 0. The van der Waals surface area contributed by atoms with Crippen LogP contribution in [0.25, 0.3) is 0 Å². The van der Waals surface area contributed by atoms with Crippen LogP contribution in [0.4, 0.5) is 0 Å². The number of ether oxygens (including phenoxy) is 1. The number of nitrogens with one attached hydrogen (secondary N) is 1. The Hall–Kier alpha value is -0.860. The van der Waals surface area contributed by atoms with E-state index in [0.717, 1.165) is 26.3 Å². The van der Waals surface area contributed by atoms with Crippen LogP contribution in [0, 0.1) is 12.3 Å². The van der Waals surface area contributed by atoms with Crippen molar-refractivity contribution in [2.45, 2.75) is 20.4 Å². The monoisotopic (exact) mass is 205 g/mol. The highest BCUT2D eigenvalue weighted by Crippen LogP contribution is 2.25. The van der Waals surface area contributed by atoms with E-state index in [4.69, 9.17) is 4.74 Å². The SMILES string of the molecule is Cc1ccc(CNCC2(C)COC2)cc1. The molecule has 0 spiro atoms. The summed E-state index contributed by atoms with van der Waals surface area (Å²) in [5.41, 5.74) is 3.03. The molecule has 1 aromatic carbocycles. The number of benzene rings is 1. The highest BCUT2D eigenvalue weighted by molar-refractivity contribution is 5.21. The molecule has 1 aliphatic rings. The minimum Gasteiger partial charge on any atom is -0.380 e. The molecule has 0 aliphatic carbocycles. The Bertz CT molecular complexity index is 314. The predicted molar refractivity (Wildman–Crippen MR) is 61.8 cm³/mol. The van der Waals surface area contributed by atoms with Crippen LogP contribution < -0.4 is 5.32 Å². The van der Waals surface area contributed by atoms with Crippen molar-refractivity contribution >= 4 is 0 Å². The van der Waals surface area contributed by atoms with Crippen LogP contribution >= 0.6 is 0 Å². The van der Waals surface area contributed by atoms with Crippen LogP contribution in [0.15, 0.2) is 24.3 Å². The highest BCUT2D eigenvalue weighted by Gasteiger charge is 2.32. The predicted octanol–water partition coefficient (Wildman–Crippen LogP) is 2.12. The molecule has 0 bridgehead atoms. The maximum atomic E-state index is 5.22. The van der Waals surface area contributed by atoms with E-state index < -0.39 is 0 Å². The number of hydrogen-bond acceptors (Lipinski definition) is 2. The molecule has 1 aromatic rings. The molecule has 0 radical (unpaired) electrons. The quantitative estimate of drug-likeness (QED) is 0.813. The van der Waals surface area contributed by atoms with Crippen LogP contribution in [-0.4, -0.2) is 19.8 Å². The second kappa shape index (κ2) is 4.33. The smallest absolute Gasteiger partial charge is 0.0554 e. The number of rotatable bonds is 4. The molecule has 1 aliphatic heterocycles. The van der Waals surface area contributed by atoms with Crippen molar-refractivity contribution in [3.63, 3.8) is 0 Å². The summed E-state index contributed by atoms with van der Waals surface area (Å²) in [6, 6.07) is 8.68. The number of aryl methyl sites for hydroxylation is 1. The lowest BCUT2D eigenvalue weighted by Crippen LogP contribution is -2.47. The average molecular weight is 205 g/mol. The molecule has 2 rings (SSSR count). The average Bonchev–Trinajstić information content (AvgIpc) is 2.19. The molecule has 0 saturated carbocycles. The van der Waals surface area contributed by atoms with Gasteiger partial charge in [0, 0.05) is 18.5 Å². The first-order chi connectivity index (χ1) is 7.18. The zero-order valence-electron chi connectivity index (χ0n) is 9.55. The Morgan fingerprint density at radius 1 is 1.27 bits per heavy atom. The van der Waals surface area contributed by atoms with Gasteiger partial charge in [0.15, 0.2) is 0 Å². The fourth-order valence-corrected chi connectivity index (χ4v) is 1.77. The molecule has 1 saturated heterocycles. The minimum atomic E-state index is 0.366. The summed E-state index contributed by atoms with van der Waals surface area (Å²) < 4.78 is 5.22. The van der Waals surface area contributed by atoms with Crippen LogP contribution in [-0.2, 0) is 11.3 Å². The zero-order chi connectivity index (χ0) is 10.7. The van der Waals surface area contributed by atoms with Gasteiger partial charge in [-0.1, -0.05) is 36.8 Å². The van der Waals surface area contributed by atoms with Gasteiger partial charge in [0.05, 0.1) is 13.2 Å². The molecule has 15 heavy (non-hydrogen) atoms. The summed E-state index contributed by atoms with van der Waals surface area (Å²) >= 11 is 0. The van der Waals surface area contributed by atoms with Gasteiger partial charge in [-0.05, 0) is 12.5 Å². The van der Waals surface area contributed by atoms with Gasteiger partial charge in [0.2, 0.25) is 0 Å². The zero-order valence-corrected chi connectivity index (χ0v) is 9.55. The molecular weight excluding hydrogens is 186 g/mol. The van der Waals surface area contributed by atoms with Crippen LogP contribution in [0.3, 0.4) is 0 Å².